The second-order valence-corrected chi connectivity index (χ2v) is 9.44. The van der Waals surface area contributed by atoms with Crippen LogP contribution in [0.4, 0.5) is 0 Å². The molecule has 0 aliphatic carbocycles. The minimum Gasteiger partial charge on any atom is -0.348 e. The van der Waals surface area contributed by atoms with Gasteiger partial charge in [0.25, 0.3) is 5.91 Å². The summed E-state index contributed by atoms with van der Waals surface area (Å²) >= 11 is 3.28. The Kier molecular flexibility index (Phi) is 6.87. The molecule has 0 aromatic heterocycles. The highest BCUT2D eigenvalue weighted by atomic mass is 79.9. The molecule has 0 bridgehead atoms. The normalized spacial score (nSPS) is 15.4. The molecule has 1 fully saturated rings. The summed E-state index contributed by atoms with van der Waals surface area (Å²) in [6, 6.07) is 12.3. The number of carbonyl (C=O) groups excluding carboxylic acids is 1. The standard InChI is InChI=1S/C20H24BrN3O3S/c21-19-9-8-17(28(22,26)27)12-18(19)20(25)23-13-15-4-6-16(7-5-15)14-24-10-2-1-3-11-24/h4-9,12H,1-3,10-11,13-14H2,(H,23,25)(H2,22,26,27). The van der Waals surface area contributed by atoms with Crippen LogP contribution in [-0.4, -0.2) is 32.3 Å². The smallest absolute Gasteiger partial charge is 0.252 e. The number of benzene rings is 2. The van der Waals surface area contributed by atoms with Crippen molar-refractivity contribution in [3.8, 4) is 0 Å². The molecule has 0 saturated carbocycles. The number of hydrogen-bond acceptors (Lipinski definition) is 4. The van der Waals surface area contributed by atoms with Crippen LogP contribution in [0, 0.1) is 0 Å². The van der Waals surface area contributed by atoms with Gasteiger partial charge in [0.1, 0.15) is 0 Å². The lowest BCUT2D eigenvalue weighted by Crippen LogP contribution is -2.29. The predicted molar refractivity (Wildman–Crippen MR) is 112 cm³/mol. The maximum absolute atomic E-state index is 12.5. The SMILES string of the molecule is NS(=O)(=O)c1ccc(Br)c(C(=O)NCc2ccc(CN3CCCCC3)cc2)c1. The Balaban J connectivity index is 1.60. The lowest BCUT2D eigenvalue weighted by Gasteiger charge is -2.26. The van der Waals surface area contributed by atoms with Crippen molar-refractivity contribution >= 4 is 31.9 Å². The van der Waals surface area contributed by atoms with Crippen LogP contribution in [0.5, 0.6) is 0 Å². The molecule has 1 aliphatic heterocycles. The number of rotatable bonds is 6. The van der Waals surface area contributed by atoms with Crippen molar-refractivity contribution in [1.82, 2.24) is 10.2 Å². The quantitative estimate of drug-likeness (QED) is 0.685. The molecule has 0 radical (unpaired) electrons. The second-order valence-electron chi connectivity index (χ2n) is 7.02. The van der Waals surface area contributed by atoms with Gasteiger partial charge >= 0.3 is 0 Å². The zero-order valence-corrected chi connectivity index (χ0v) is 17.9. The zero-order valence-electron chi connectivity index (χ0n) is 15.5. The van der Waals surface area contributed by atoms with E-state index in [0.29, 0.717) is 11.0 Å². The summed E-state index contributed by atoms with van der Waals surface area (Å²) in [6.45, 7) is 3.63. The molecule has 150 valence electrons. The van der Waals surface area contributed by atoms with Crippen molar-refractivity contribution in [2.24, 2.45) is 5.14 Å². The first-order valence-electron chi connectivity index (χ1n) is 9.24. The van der Waals surface area contributed by atoms with Gasteiger partial charge in [0.05, 0.1) is 10.5 Å². The number of carbonyl (C=O) groups is 1. The van der Waals surface area contributed by atoms with Crippen molar-refractivity contribution in [2.75, 3.05) is 13.1 Å². The molecule has 1 saturated heterocycles. The molecule has 1 aliphatic rings. The molecule has 2 aromatic rings. The van der Waals surface area contributed by atoms with Gasteiger partial charge in [-0.2, -0.15) is 0 Å². The Hall–Kier alpha value is -1.74. The molecule has 2 aromatic carbocycles. The third kappa shape index (κ3) is 5.64. The Labute approximate surface area is 174 Å². The van der Waals surface area contributed by atoms with E-state index in [9.17, 15) is 13.2 Å². The van der Waals surface area contributed by atoms with Crippen LogP contribution in [0.25, 0.3) is 0 Å². The third-order valence-electron chi connectivity index (χ3n) is 4.84. The van der Waals surface area contributed by atoms with Gasteiger partial charge in [0.2, 0.25) is 10.0 Å². The van der Waals surface area contributed by atoms with Crippen LogP contribution in [0.2, 0.25) is 0 Å². The number of halogens is 1. The summed E-state index contributed by atoms with van der Waals surface area (Å²) in [4.78, 5) is 14.8. The average Bonchev–Trinajstić information content (AvgIpc) is 2.67. The summed E-state index contributed by atoms with van der Waals surface area (Å²) in [6.07, 6.45) is 3.87. The van der Waals surface area contributed by atoms with Crippen LogP contribution in [0.15, 0.2) is 51.8 Å². The largest absolute Gasteiger partial charge is 0.348 e. The van der Waals surface area contributed by atoms with Crippen LogP contribution < -0.4 is 10.5 Å². The van der Waals surface area contributed by atoms with Gasteiger partial charge in [0, 0.05) is 17.6 Å². The maximum Gasteiger partial charge on any atom is 0.252 e. The van der Waals surface area contributed by atoms with E-state index >= 15 is 0 Å². The molecule has 6 nitrogen and oxygen atoms in total. The van der Waals surface area contributed by atoms with Crippen molar-refractivity contribution in [3.63, 3.8) is 0 Å². The van der Waals surface area contributed by atoms with Crippen LogP contribution in [0.3, 0.4) is 0 Å². The van der Waals surface area contributed by atoms with E-state index < -0.39 is 10.0 Å². The summed E-state index contributed by atoms with van der Waals surface area (Å²) < 4.78 is 23.5. The number of amides is 1. The highest BCUT2D eigenvalue weighted by Crippen LogP contribution is 2.20. The summed E-state index contributed by atoms with van der Waals surface area (Å²) in [5.41, 5.74) is 2.48. The van der Waals surface area contributed by atoms with Crippen LogP contribution in [0.1, 0.15) is 40.7 Å². The first kappa shape index (κ1) is 21.0. The van der Waals surface area contributed by atoms with Gasteiger partial charge in [-0.1, -0.05) is 30.7 Å². The number of nitrogens with zero attached hydrogens (tertiary/aromatic N) is 1. The fourth-order valence-corrected chi connectivity index (χ4v) is 4.24. The average molecular weight is 466 g/mol. The summed E-state index contributed by atoms with van der Waals surface area (Å²) in [7, 11) is -3.86. The molecular weight excluding hydrogens is 442 g/mol. The van der Waals surface area contributed by atoms with Gasteiger partial charge in [-0.3, -0.25) is 9.69 Å². The lowest BCUT2D eigenvalue weighted by atomic mass is 10.1. The molecule has 3 rings (SSSR count). The van der Waals surface area contributed by atoms with E-state index in [2.05, 4.69) is 38.3 Å². The van der Waals surface area contributed by atoms with Gasteiger partial charge in [-0.05, 0) is 71.2 Å². The topological polar surface area (TPSA) is 92.5 Å². The van der Waals surface area contributed by atoms with Crippen molar-refractivity contribution < 1.29 is 13.2 Å². The van der Waals surface area contributed by atoms with E-state index in [1.165, 1.54) is 43.0 Å². The highest BCUT2D eigenvalue weighted by Gasteiger charge is 2.15. The van der Waals surface area contributed by atoms with E-state index in [4.69, 9.17) is 5.14 Å². The van der Waals surface area contributed by atoms with Gasteiger partial charge < -0.3 is 5.32 Å². The molecule has 1 amide bonds. The van der Waals surface area contributed by atoms with Crippen molar-refractivity contribution in [1.29, 1.82) is 0 Å². The number of nitrogens with two attached hydrogens (primary N) is 1. The molecule has 28 heavy (non-hydrogen) atoms. The number of sulfonamides is 1. The highest BCUT2D eigenvalue weighted by molar-refractivity contribution is 9.10. The third-order valence-corrected chi connectivity index (χ3v) is 6.44. The first-order chi connectivity index (χ1) is 13.3. The minimum absolute atomic E-state index is 0.0945. The zero-order chi connectivity index (χ0) is 20.1. The number of hydrogen-bond donors (Lipinski definition) is 2. The maximum atomic E-state index is 12.5. The second kappa shape index (κ2) is 9.17. The lowest BCUT2D eigenvalue weighted by molar-refractivity contribution is 0.0950. The van der Waals surface area contributed by atoms with E-state index in [-0.39, 0.29) is 16.4 Å². The molecule has 0 atom stereocenters. The number of piperidine rings is 1. The monoisotopic (exact) mass is 465 g/mol. The summed E-state index contributed by atoms with van der Waals surface area (Å²) in [5, 5.41) is 7.96. The molecule has 0 unspecified atom stereocenters. The first-order valence-corrected chi connectivity index (χ1v) is 11.6. The Bertz CT molecular complexity index is 940. The van der Waals surface area contributed by atoms with Gasteiger partial charge in [-0.15, -0.1) is 0 Å². The molecule has 0 spiro atoms. The Morgan fingerprint density at radius 2 is 1.68 bits per heavy atom. The van der Waals surface area contributed by atoms with Crippen molar-refractivity contribution in [3.05, 3.63) is 63.6 Å². The van der Waals surface area contributed by atoms with Gasteiger partial charge in [0.15, 0.2) is 0 Å². The number of likely N-dealkylation sites (tertiary alicyclic amines) is 1. The molecule has 3 N–H and O–H groups in total. The molecule has 8 heteroatoms. The number of primary sulfonamides is 1. The van der Waals surface area contributed by atoms with E-state index in [1.807, 2.05) is 12.1 Å². The molecule has 1 heterocycles. The summed E-state index contributed by atoms with van der Waals surface area (Å²) in [5.74, 6) is -0.366. The van der Waals surface area contributed by atoms with Crippen LogP contribution in [-0.2, 0) is 23.1 Å². The Morgan fingerprint density at radius 3 is 2.32 bits per heavy atom. The van der Waals surface area contributed by atoms with Gasteiger partial charge in [-0.25, -0.2) is 13.6 Å². The van der Waals surface area contributed by atoms with Crippen LogP contribution >= 0.6 is 15.9 Å². The van der Waals surface area contributed by atoms with Crippen molar-refractivity contribution in [2.45, 2.75) is 37.2 Å². The van der Waals surface area contributed by atoms with E-state index in [0.717, 1.165) is 25.2 Å². The fourth-order valence-electron chi connectivity index (χ4n) is 3.27. The predicted octanol–water partition coefficient (Wildman–Crippen LogP) is 3.01. The van der Waals surface area contributed by atoms with E-state index in [1.54, 1.807) is 0 Å². The minimum atomic E-state index is -3.86. The molecular formula is C20H24BrN3O3S. The Morgan fingerprint density at radius 1 is 1.04 bits per heavy atom. The number of nitrogens with one attached hydrogen (secondary N) is 1. The fraction of sp³-hybridized carbons (Fsp3) is 0.350.